The molecular formula is C12H17N5S. The Morgan fingerprint density at radius 1 is 1.28 bits per heavy atom. The molecule has 2 aromatic rings. The molecule has 2 heterocycles. The highest BCUT2D eigenvalue weighted by Crippen LogP contribution is 2.30. The average Bonchev–Trinajstić information content (AvgIpc) is 2.75. The standard InChI is InChI=1S/C12H17N5S/c1-7-8(13)16-10(12(2,3)4)17-9(7)18-11-14-5-6-15-11/h5-6H,1-4H3,(H,14,15)(H2,13,16,17). The number of aromatic amines is 1. The fourth-order valence-electron chi connectivity index (χ4n) is 1.35. The zero-order valence-corrected chi connectivity index (χ0v) is 11.8. The van der Waals surface area contributed by atoms with Crippen LogP contribution in [0.3, 0.4) is 0 Å². The van der Waals surface area contributed by atoms with E-state index in [2.05, 4.69) is 40.7 Å². The molecule has 18 heavy (non-hydrogen) atoms. The lowest BCUT2D eigenvalue weighted by Crippen LogP contribution is -2.18. The van der Waals surface area contributed by atoms with Crippen LogP contribution in [0.4, 0.5) is 5.82 Å². The second kappa shape index (κ2) is 4.61. The van der Waals surface area contributed by atoms with Crippen molar-refractivity contribution in [3.05, 3.63) is 23.8 Å². The molecule has 0 aliphatic heterocycles. The Morgan fingerprint density at radius 2 is 2.00 bits per heavy atom. The van der Waals surface area contributed by atoms with Crippen molar-refractivity contribution in [1.29, 1.82) is 0 Å². The third kappa shape index (κ3) is 2.64. The van der Waals surface area contributed by atoms with Crippen molar-refractivity contribution in [2.75, 3.05) is 5.73 Å². The van der Waals surface area contributed by atoms with Crippen LogP contribution < -0.4 is 5.73 Å². The number of rotatable bonds is 2. The second-order valence-corrected chi connectivity index (χ2v) is 6.09. The summed E-state index contributed by atoms with van der Waals surface area (Å²) in [6, 6.07) is 0. The third-order valence-corrected chi connectivity index (χ3v) is 3.48. The first-order chi connectivity index (χ1) is 8.38. The van der Waals surface area contributed by atoms with E-state index in [0.717, 1.165) is 21.6 Å². The molecule has 0 saturated heterocycles. The molecule has 0 fully saturated rings. The molecule has 0 spiro atoms. The predicted octanol–water partition coefficient (Wildman–Crippen LogP) is 2.54. The van der Waals surface area contributed by atoms with Crippen LogP contribution in [0, 0.1) is 6.92 Å². The van der Waals surface area contributed by atoms with Crippen LogP contribution in [0.5, 0.6) is 0 Å². The van der Waals surface area contributed by atoms with Crippen molar-refractivity contribution in [2.45, 2.75) is 43.3 Å². The highest BCUT2D eigenvalue weighted by molar-refractivity contribution is 7.99. The van der Waals surface area contributed by atoms with Crippen molar-refractivity contribution < 1.29 is 0 Å². The average molecular weight is 263 g/mol. The van der Waals surface area contributed by atoms with E-state index in [9.17, 15) is 0 Å². The lowest BCUT2D eigenvalue weighted by Gasteiger charge is -2.18. The fourth-order valence-corrected chi connectivity index (χ4v) is 2.16. The fraction of sp³-hybridized carbons (Fsp3) is 0.417. The first kappa shape index (κ1) is 12.9. The van der Waals surface area contributed by atoms with Crippen molar-refractivity contribution in [1.82, 2.24) is 19.9 Å². The molecule has 5 nitrogen and oxygen atoms in total. The number of hydrogen-bond donors (Lipinski definition) is 2. The Hall–Kier alpha value is -1.56. The van der Waals surface area contributed by atoms with Gasteiger partial charge in [-0.1, -0.05) is 20.8 Å². The molecule has 96 valence electrons. The highest BCUT2D eigenvalue weighted by Gasteiger charge is 2.21. The molecule has 0 bridgehead atoms. The van der Waals surface area contributed by atoms with Gasteiger partial charge < -0.3 is 10.7 Å². The summed E-state index contributed by atoms with van der Waals surface area (Å²) in [5.74, 6) is 1.28. The summed E-state index contributed by atoms with van der Waals surface area (Å²) < 4.78 is 0. The molecule has 0 radical (unpaired) electrons. The third-order valence-electron chi connectivity index (χ3n) is 2.48. The number of H-pyrrole nitrogens is 1. The molecule has 2 aromatic heterocycles. The van der Waals surface area contributed by atoms with Crippen molar-refractivity contribution in [3.8, 4) is 0 Å². The van der Waals surface area contributed by atoms with Gasteiger partial charge in [0.2, 0.25) is 0 Å². The van der Waals surface area contributed by atoms with E-state index >= 15 is 0 Å². The number of nitrogens with zero attached hydrogens (tertiary/aromatic N) is 3. The van der Waals surface area contributed by atoms with E-state index in [0.29, 0.717) is 5.82 Å². The number of aromatic nitrogens is 4. The van der Waals surface area contributed by atoms with Gasteiger partial charge >= 0.3 is 0 Å². The maximum Gasteiger partial charge on any atom is 0.171 e. The Morgan fingerprint density at radius 3 is 2.56 bits per heavy atom. The van der Waals surface area contributed by atoms with Crippen molar-refractivity contribution in [2.24, 2.45) is 0 Å². The minimum atomic E-state index is -0.125. The zero-order valence-electron chi connectivity index (χ0n) is 11.0. The number of nitrogens with one attached hydrogen (secondary N) is 1. The largest absolute Gasteiger partial charge is 0.383 e. The Labute approximate surface area is 111 Å². The zero-order chi connectivity index (χ0) is 13.3. The minimum absolute atomic E-state index is 0.125. The second-order valence-electron chi connectivity index (χ2n) is 5.11. The summed E-state index contributed by atoms with van der Waals surface area (Å²) in [7, 11) is 0. The summed E-state index contributed by atoms with van der Waals surface area (Å²) in [5.41, 5.74) is 6.72. The van der Waals surface area contributed by atoms with E-state index in [-0.39, 0.29) is 5.41 Å². The molecule has 0 saturated carbocycles. The van der Waals surface area contributed by atoms with Crippen molar-refractivity contribution in [3.63, 3.8) is 0 Å². The molecule has 6 heteroatoms. The lowest BCUT2D eigenvalue weighted by molar-refractivity contribution is 0.538. The van der Waals surface area contributed by atoms with Gasteiger partial charge in [0, 0.05) is 23.4 Å². The lowest BCUT2D eigenvalue weighted by atomic mass is 9.95. The van der Waals surface area contributed by atoms with Gasteiger partial charge in [-0.3, -0.25) is 0 Å². The van der Waals surface area contributed by atoms with E-state index in [1.165, 1.54) is 11.8 Å². The quantitative estimate of drug-likeness (QED) is 0.814. The molecule has 0 amide bonds. The number of nitrogen functional groups attached to an aromatic ring is 1. The van der Waals surface area contributed by atoms with Crippen LogP contribution in [-0.4, -0.2) is 19.9 Å². The van der Waals surface area contributed by atoms with Gasteiger partial charge in [0.15, 0.2) is 5.16 Å². The first-order valence-corrected chi connectivity index (χ1v) is 6.51. The van der Waals surface area contributed by atoms with Gasteiger partial charge in [-0.25, -0.2) is 15.0 Å². The number of nitrogens with two attached hydrogens (primary N) is 1. The predicted molar refractivity (Wildman–Crippen MR) is 72.6 cm³/mol. The smallest absolute Gasteiger partial charge is 0.171 e. The first-order valence-electron chi connectivity index (χ1n) is 5.70. The molecule has 0 unspecified atom stereocenters. The molecule has 0 atom stereocenters. The summed E-state index contributed by atoms with van der Waals surface area (Å²) in [6.45, 7) is 8.13. The van der Waals surface area contributed by atoms with Crippen LogP contribution in [0.2, 0.25) is 0 Å². The molecule has 0 aliphatic carbocycles. The van der Waals surface area contributed by atoms with E-state index < -0.39 is 0 Å². The molecule has 2 rings (SSSR count). The van der Waals surface area contributed by atoms with Crippen molar-refractivity contribution >= 4 is 17.6 Å². The monoisotopic (exact) mass is 263 g/mol. The summed E-state index contributed by atoms with van der Waals surface area (Å²) in [6.07, 6.45) is 3.50. The normalized spacial score (nSPS) is 11.8. The van der Waals surface area contributed by atoms with Gasteiger partial charge in [-0.15, -0.1) is 0 Å². The van der Waals surface area contributed by atoms with Crippen LogP contribution in [0.1, 0.15) is 32.2 Å². The summed E-state index contributed by atoms with van der Waals surface area (Å²) in [5, 5.41) is 1.65. The van der Waals surface area contributed by atoms with E-state index in [1.807, 2.05) is 6.92 Å². The van der Waals surface area contributed by atoms with E-state index in [4.69, 9.17) is 5.73 Å². The van der Waals surface area contributed by atoms with Gasteiger partial charge in [0.05, 0.1) is 0 Å². The molecule has 0 aromatic carbocycles. The van der Waals surface area contributed by atoms with Gasteiger partial charge in [0.25, 0.3) is 0 Å². The van der Waals surface area contributed by atoms with E-state index in [1.54, 1.807) is 12.4 Å². The maximum atomic E-state index is 5.95. The SMILES string of the molecule is Cc1c(N)nc(C(C)(C)C)nc1Sc1ncc[nH]1. The Balaban J connectivity index is 2.43. The molecule has 0 aliphatic rings. The number of anilines is 1. The Bertz CT molecular complexity index is 542. The summed E-state index contributed by atoms with van der Waals surface area (Å²) >= 11 is 1.47. The molecular weight excluding hydrogens is 246 g/mol. The van der Waals surface area contributed by atoms with Crippen LogP contribution in [0.25, 0.3) is 0 Å². The Kier molecular flexibility index (Phi) is 3.30. The number of imidazole rings is 1. The number of hydrogen-bond acceptors (Lipinski definition) is 5. The summed E-state index contributed by atoms with van der Waals surface area (Å²) in [4.78, 5) is 16.2. The van der Waals surface area contributed by atoms with Gasteiger partial charge in [-0.2, -0.15) is 0 Å². The van der Waals surface area contributed by atoms with Crippen LogP contribution >= 0.6 is 11.8 Å². The van der Waals surface area contributed by atoms with Gasteiger partial charge in [-0.05, 0) is 18.7 Å². The highest BCUT2D eigenvalue weighted by atomic mass is 32.2. The van der Waals surface area contributed by atoms with Crippen LogP contribution in [0.15, 0.2) is 22.6 Å². The topological polar surface area (TPSA) is 80.5 Å². The minimum Gasteiger partial charge on any atom is -0.383 e. The molecule has 3 N–H and O–H groups in total. The van der Waals surface area contributed by atoms with Gasteiger partial charge in [0.1, 0.15) is 16.7 Å². The van der Waals surface area contributed by atoms with Crippen LogP contribution in [-0.2, 0) is 5.41 Å². The maximum absolute atomic E-state index is 5.95.